The summed E-state index contributed by atoms with van der Waals surface area (Å²) >= 11 is 0. The summed E-state index contributed by atoms with van der Waals surface area (Å²) in [5.41, 5.74) is 10.0. The minimum absolute atomic E-state index is 0.222. The molecule has 2 N–H and O–H groups in total. The SMILES string of the molecule is CCC(N)Cc1cc(C)ccc1N1CCS(=O)CC1. The van der Waals surface area contributed by atoms with E-state index in [1.165, 1.54) is 16.8 Å². The van der Waals surface area contributed by atoms with Gasteiger partial charge in [-0.2, -0.15) is 0 Å². The molecule has 19 heavy (non-hydrogen) atoms. The highest BCUT2D eigenvalue weighted by molar-refractivity contribution is 7.85. The lowest BCUT2D eigenvalue weighted by Gasteiger charge is -2.31. The first-order chi connectivity index (χ1) is 9.10. The van der Waals surface area contributed by atoms with Gasteiger partial charge in [0, 0.05) is 47.1 Å². The monoisotopic (exact) mass is 280 g/mol. The van der Waals surface area contributed by atoms with Gasteiger partial charge in [0.1, 0.15) is 0 Å². The molecule has 106 valence electrons. The van der Waals surface area contributed by atoms with E-state index in [0.717, 1.165) is 37.4 Å². The fourth-order valence-electron chi connectivity index (χ4n) is 2.49. The second kappa shape index (κ2) is 6.53. The van der Waals surface area contributed by atoms with Crippen molar-refractivity contribution in [2.75, 3.05) is 29.5 Å². The van der Waals surface area contributed by atoms with E-state index >= 15 is 0 Å². The van der Waals surface area contributed by atoms with Crippen LogP contribution >= 0.6 is 0 Å². The average molecular weight is 280 g/mol. The Bertz CT molecular complexity index is 451. The van der Waals surface area contributed by atoms with Crippen molar-refractivity contribution < 1.29 is 4.21 Å². The van der Waals surface area contributed by atoms with Crippen LogP contribution in [-0.4, -0.2) is 34.8 Å². The van der Waals surface area contributed by atoms with Gasteiger partial charge in [-0.1, -0.05) is 24.6 Å². The van der Waals surface area contributed by atoms with Crippen LogP contribution in [0.1, 0.15) is 24.5 Å². The van der Waals surface area contributed by atoms with Crippen LogP contribution in [0.25, 0.3) is 0 Å². The Kier molecular flexibility index (Phi) is 4.99. The Balaban J connectivity index is 2.21. The molecular formula is C15H24N2OS. The Hall–Kier alpha value is -0.870. The zero-order valence-corrected chi connectivity index (χ0v) is 12.7. The molecule has 0 radical (unpaired) electrons. The second-order valence-corrected chi connectivity index (χ2v) is 7.04. The number of anilines is 1. The zero-order chi connectivity index (χ0) is 13.8. The fraction of sp³-hybridized carbons (Fsp3) is 0.600. The van der Waals surface area contributed by atoms with Crippen LogP contribution in [0, 0.1) is 6.92 Å². The van der Waals surface area contributed by atoms with E-state index in [-0.39, 0.29) is 6.04 Å². The number of hydrogen-bond donors (Lipinski definition) is 1. The molecule has 0 spiro atoms. The van der Waals surface area contributed by atoms with Gasteiger partial charge in [0.05, 0.1) is 0 Å². The lowest BCUT2D eigenvalue weighted by Crippen LogP contribution is -2.38. The number of nitrogens with zero attached hydrogens (tertiary/aromatic N) is 1. The summed E-state index contributed by atoms with van der Waals surface area (Å²) < 4.78 is 11.5. The Morgan fingerprint density at radius 1 is 1.37 bits per heavy atom. The van der Waals surface area contributed by atoms with Crippen molar-refractivity contribution in [2.24, 2.45) is 5.73 Å². The van der Waals surface area contributed by atoms with Crippen molar-refractivity contribution in [3.8, 4) is 0 Å². The molecular weight excluding hydrogens is 256 g/mol. The molecule has 1 fully saturated rings. The molecule has 0 amide bonds. The first-order valence-electron chi connectivity index (χ1n) is 7.05. The standard InChI is InChI=1S/C15H24N2OS/c1-3-14(16)11-13-10-12(2)4-5-15(13)17-6-8-19(18)9-7-17/h4-5,10,14H,3,6-9,11,16H2,1-2H3. The predicted molar refractivity (Wildman–Crippen MR) is 83.2 cm³/mol. The lowest BCUT2D eigenvalue weighted by molar-refractivity contribution is 0.643. The van der Waals surface area contributed by atoms with Crippen LogP contribution in [-0.2, 0) is 17.2 Å². The van der Waals surface area contributed by atoms with Gasteiger partial charge in [0.25, 0.3) is 0 Å². The number of nitrogens with two attached hydrogens (primary N) is 1. The minimum atomic E-state index is -0.624. The summed E-state index contributed by atoms with van der Waals surface area (Å²) in [5, 5.41) is 0. The van der Waals surface area contributed by atoms with Gasteiger partial charge in [0.2, 0.25) is 0 Å². The van der Waals surface area contributed by atoms with E-state index in [9.17, 15) is 4.21 Å². The minimum Gasteiger partial charge on any atom is -0.369 e. The van der Waals surface area contributed by atoms with Gasteiger partial charge in [-0.15, -0.1) is 0 Å². The number of rotatable bonds is 4. The number of aryl methyl sites for hydroxylation is 1. The molecule has 1 aliphatic heterocycles. The van der Waals surface area contributed by atoms with Crippen LogP contribution in [0.5, 0.6) is 0 Å². The molecule has 0 aliphatic carbocycles. The largest absolute Gasteiger partial charge is 0.369 e. The third-order valence-electron chi connectivity index (χ3n) is 3.76. The van der Waals surface area contributed by atoms with Gasteiger partial charge in [-0.05, 0) is 31.4 Å². The average Bonchev–Trinajstić information content (AvgIpc) is 2.40. The summed E-state index contributed by atoms with van der Waals surface area (Å²) in [7, 11) is -0.624. The maximum atomic E-state index is 11.5. The first-order valence-corrected chi connectivity index (χ1v) is 8.54. The maximum absolute atomic E-state index is 11.5. The van der Waals surface area contributed by atoms with Gasteiger partial charge >= 0.3 is 0 Å². The molecule has 1 aromatic rings. The van der Waals surface area contributed by atoms with Crippen LogP contribution in [0.3, 0.4) is 0 Å². The predicted octanol–water partition coefficient (Wildman–Crippen LogP) is 1.84. The zero-order valence-electron chi connectivity index (χ0n) is 11.9. The summed E-state index contributed by atoms with van der Waals surface area (Å²) in [5.74, 6) is 1.57. The van der Waals surface area contributed by atoms with Crippen LogP contribution < -0.4 is 10.6 Å². The fourth-order valence-corrected chi connectivity index (χ4v) is 3.54. The molecule has 1 saturated heterocycles. The van der Waals surface area contributed by atoms with Gasteiger partial charge in [-0.25, -0.2) is 0 Å². The molecule has 3 nitrogen and oxygen atoms in total. The molecule has 1 heterocycles. The smallest absolute Gasteiger partial charge is 0.0411 e. The quantitative estimate of drug-likeness (QED) is 0.915. The van der Waals surface area contributed by atoms with Crippen molar-refractivity contribution in [2.45, 2.75) is 32.7 Å². The van der Waals surface area contributed by atoms with Crippen molar-refractivity contribution in [3.63, 3.8) is 0 Å². The van der Waals surface area contributed by atoms with Gasteiger partial charge in [-0.3, -0.25) is 4.21 Å². The molecule has 1 aromatic carbocycles. The second-order valence-electron chi connectivity index (χ2n) is 5.34. The Morgan fingerprint density at radius 2 is 2.05 bits per heavy atom. The summed E-state index contributed by atoms with van der Waals surface area (Å²) in [6.45, 7) is 6.04. The molecule has 0 aromatic heterocycles. The molecule has 0 saturated carbocycles. The van der Waals surface area contributed by atoms with Crippen molar-refractivity contribution in [3.05, 3.63) is 29.3 Å². The molecule has 1 atom stereocenters. The van der Waals surface area contributed by atoms with Crippen molar-refractivity contribution in [1.82, 2.24) is 0 Å². The molecule has 1 unspecified atom stereocenters. The van der Waals surface area contributed by atoms with Gasteiger partial charge < -0.3 is 10.6 Å². The highest BCUT2D eigenvalue weighted by Crippen LogP contribution is 2.24. The van der Waals surface area contributed by atoms with E-state index in [2.05, 4.69) is 36.9 Å². The van der Waals surface area contributed by atoms with E-state index in [0.29, 0.717) is 0 Å². The number of benzene rings is 1. The summed E-state index contributed by atoms with van der Waals surface area (Å²) in [4.78, 5) is 2.36. The highest BCUT2D eigenvalue weighted by Gasteiger charge is 2.18. The Morgan fingerprint density at radius 3 is 2.68 bits per heavy atom. The maximum Gasteiger partial charge on any atom is 0.0411 e. The van der Waals surface area contributed by atoms with Crippen molar-refractivity contribution in [1.29, 1.82) is 0 Å². The number of hydrogen-bond acceptors (Lipinski definition) is 3. The van der Waals surface area contributed by atoms with E-state index < -0.39 is 10.8 Å². The van der Waals surface area contributed by atoms with E-state index in [1.807, 2.05) is 0 Å². The van der Waals surface area contributed by atoms with Crippen molar-refractivity contribution >= 4 is 16.5 Å². The van der Waals surface area contributed by atoms with Crippen LogP contribution in [0.2, 0.25) is 0 Å². The lowest BCUT2D eigenvalue weighted by atomic mass is 10.00. The van der Waals surface area contributed by atoms with Gasteiger partial charge in [0.15, 0.2) is 0 Å². The molecule has 1 aliphatic rings. The van der Waals surface area contributed by atoms with Crippen LogP contribution in [0.15, 0.2) is 18.2 Å². The van der Waals surface area contributed by atoms with Crippen LogP contribution in [0.4, 0.5) is 5.69 Å². The normalized spacial score (nSPS) is 18.6. The molecule has 0 bridgehead atoms. The van der Waals surface area contributed by atoms with E-state index in [1.54, 1.807) is 0 Å². The third kappa shape index (κ3) is 3.80. The van der Waals surface area contributed by atoms with E-state index in [4.69, 9.17) is 5.73 Å². The highest BCUT2D eigenvalue weighted by atomic mass is 32.2. The summed E-state index contributed by atoms with van der Waals surface area (Å²) in [6.07, 6.45) is 1.92. The summed E-state index contributed by atoms with van der Waals surface area (Å²) in [6, 6.07) is 6.82. The topological polar surface area (TPSA) is 46.3 Å². The molecule has 2 rings (SSSR count). The third-order valence-corrected chi connectivity index (χ3v) is 5.04. The molecule has 4 heteroatoms. The first kappa shape index (κ1) is 14.5. The Labute approximate surface area is 118 Å².